The number of benzene rings is 2. The first kappa shape index (κ1) is 20.1. The summed E-state index contributed by atoms with van der Waals surface area (Å²) in [6.07, 6.45) is 1.88. The maximum absolute atomic E-state index is 12.7. The summed E-state index contributed by atoms with van der Waals surface area (Å²) in [4.78, 5) is 14.9. The van der Waals surface area contributed by atoms with Gasteiger partial charge in [0.05, 0.1) is 11.6 Å². The Kier molecular flexibility index (Phi) is 6.07. The second-order valence-corrected chi connectivity index (χ2v) is 8.13. The van der Waals surface area contributed by atoms with Crippen LogP contribution in [0, 0.1) is 19.8 Å². The lowest BCUT2D eigenvalue weighted by atomic mass is 9.97. The smallest absolute Gasteiger partial charge is 0.225 e. The third-order valence-corrected chi connectivity index (χ3v) is 5.66. The first-order chi connectivity index (χ1) is 14.6. The Labute approximate surface area is 178 Å². The Hall–Kier alpha value is -3.21. The van der Waals surface area contributed by atoms with E-state index >= 15 is 0 Å². The molecule has 1 saturated heterocycles. The predicted molar refractivity (Wildman–Crippen MR) is 120 cm³/mol. The van der Waals surface area contributed by atoms with Crippen LogP contribution >= 0.6 is 0 Å². The van der Waals surface area contributed by atoms with Crippen LogP contribution in [0.25, 0.3) is 11.3 Å². The molecule has 4 rings (SSSR count). The maximum atomic E-state index is 12.7. The van der Waals surface area contributed by atoms with Crippen LogP contribution in [-0.2, 0) is 11.3 Å². The van der Waals surface area contributed by atoms with Crippen LogP contribution in [0.4, 0.5) is 5.82 Å². The SMILES string of the molecule is Cc1ccc(-c2ccc(N3CCC[C@@H](C(=O)NCc4cccc(C)c4)C3)nn2)cc1. The quantitative estimate of drug-likeness (QED) is 0.694. The Morgan fingerprint density at radius 2 is 1.87 bits per heavy atom. The van der Waals surface area contributed by atoms with Gasteiger partial charge in [0.25, 0.3) is 0 Å². The summed E-state index contributed by atoms with van der Waals surface area (Å²) >= 11 is 0. The molecule has 1 amide bonds. The fraction of sp³-hybridized carbons (Fsp3) is 0.320. The van der Waals surface area contributed by atoms with Gasteiger partial charge in [0.15, 0.2) is 5.82 Å². The number of anilines is 1. The van der Waals surface area contributed by atoms with E-state index in [2.05, 4.69) is 70.7 Å². The first-order valence-corrected chi connectivity index (χ1v) is 10.6. The third-order valence-electron chi connectivity index (χ3n) is 5.66. The molecule has 0 spiro atoms. The zero-order valence-electron chi connectivity index (χ0n) is 17.6. The fourth-order valence-electron chi connectivity index (χ4n) is 3.93. The summed E-state index contributed by atoms with van der Waals surface area (Å²) in [5.41, 5.74) is 5.49. The third kappa shape index (κ3) is 4.85. The number of amides is 1. The van der Waals surface area contributed by atoms with Gasteiger partial charge >= 0.3 is 0 Å². The number of carbonyl (C=O) groups is 1. The molecule has 154 valence electrons. The van der Waals surface area contributed by atoms with Crippen molar-refractivity contribution >= 4 is 11.7 Å². The van der Waals surface area contributed by atoms with Crippen molar-refractivity contribution in [2.45, 2.75) is 33.2 Å². The molecule has 1 fully saturated rings. The van der Waals surface area contributed by atoms with Crippen molar-refractivity contribution in [3.05, 3.63) is 77.4 Å². The molecule has 0 saturated carbocycles. The normalized spacial score (nSPS) is 16.3. The molecule has 1 aromatic heterocycles. The number of rotatable bonds is 5. The molecule has 2 aromatic carbocycles. The number of hydrogen-bond donors (Lipinski definition) is 1. The number of hydrogen-bond acceptors (Lipinski definition) is 4. The van der Waals surface area contributed by atoms with Crippen molar-refractivity contribution in [2.75, 3.05) is 18.0 Å². The fourth-order valence-corrected chi connectivity index (χ4v) is 3.93. The highest BCUT2D eigenvalue weighted by molar-refractivity contribution is 5.79. The standard InChI is InChI=1S/C25H28N4O/c1-18-8-10-21(11-9-18)23-12-13-24(28-27-23)29-14-4-7-22(17-29)25(30)26-16-20-6-3-5-19(2)15-20/h3,5-6,8-13,15,22H,4,7,14,16-17H2,1-2H3,(H,26,30)/t22-/m1/s1. The molecule has 1 aliphatic heterocycles. The molecule has 0 radical (unpaired) electrons. The van der Waals surface area contributed by atoms with E-state index in [1.165, 1.54) is 11.1 Å². The number of aromatic nitrogens is 2. The second-order valence-electron chi connectivity index (χ2n) is 8.13. The Morgan fingerprint density at radius 3 is 2.60 bits per heavy atom. The van der Waals surface area contributed by atoms with Crippen molar-refractivity contribution in [3.63, 3.8) is 0 Å². The summed E-state index contributed by atoms with van der Waals surface area (Å²) < 4.78 is 0. The van der Waals surface area contributed by atoms with Gasteiger partial charge in [-0.3, -0.25) is 4.79 Å². The Bertz CT molecular complexity index is 998. The minimum Gasteiger partial charge on any atom is -0.354 e. The van der Waals surface area contributed by atoms with Crippen molar-refractivity contribution in [1.82, 2.24) is 15.5 Å². The van der Waals surface area contributed by atoms with Crippen molar-refractivity contribution in [2.24, 2.45) is 5.92 Å². The molecule has 5 heteroatoms. The summed E-state index contributed by atoms with van der Waals surface area (Å²) in [5, 5.41) is 12.0. The monoisotopic (exact) mass is 400 g/mol. The van der Waals surface area contributed by atoms with Gasteiger partial charge < -0.3 is 10.2 Å². The molecular weight excluding hydrogens is 372 g/mol. The lowest BCUT2D eigenvalue weighted by Gasteiger charge is -2.32. The van der Waals surface area contributed by atoms with E-state index < -0.39 is 0 Å². The second kappa shape index (κ2) is 9.08. The summed E-state index contributed by atoms with van der Waals surface area (Å²) in [7, 11) is 0. The summed E-state index contributed by atoms with van der Waals surface area (Å²) in [6.45, 7) is 6.29. The van der Waals surface area contributed by atoms with E-state index in [-0.39, 0.29) is 11.8 Å². The van der Waals surface area contributed by atoms with Gasteiger partial charge in [0, 0.05) is 25.2 Å². The Balaban J connectivity index is 1.37. The van der Waals surface area contributed by atoms with Crippen molar-refractivity contribution < 1.29 is 4.79 Å². The number of piperidine rings is 1. The molecule has 0 unspecified atom stereocenters. The molecule has 1 aliphatic rings. The van der Waals surface area contributed by atoms with Gasteiger partial charge in [-0.15, -0.1) is 10.2 Å². The van der Waals surface area contributed by atoms with Crippen LogP contribution in [-0.4, -0.2) is 29.2 Å². The first-order valence-electron chi connectivity index (χ1n) is 10.6. The number of nitrogens with one attached hydrogen (secondary N) is 1. The van der Waals surface area contributed by atoms with Crippen LogP contribution < -0.4 is 10.2 Å². The minimum atomic E-state index is -0.0258. The molecule has 2 heterocycles. The molecule has 0 aliphatic carbocycles. The predicted octanol–water partition coefficient (Wildman–Crippen LogP) is 4.29. The van der Waals surface area contributed by atoms with Crippen molar-refractivity contribution in [3.8, 4) is 11.3 Å². The lowest BCUT2D eigenvalue weighted by molar-refractivity contribution is -0.125. The van der Waals surface area contributed by atoms with E-state index in [1.807, 2.05) is 24.3 Å². The molecular formula is C25H28N4O. The summed E-state index contributed by atoms with van der Waals surface area (Å²) in [6, 6.07) is 20.6. The van der Waals surface area contributed by atoms with Gasteiger partial charge in [-0.2, -0.15) is 0 Å². The van der Waals surface area contributed by atoms with Crippen molar-refractivity contribution in [1.29, 1.82) is 0 Å². The lowest BCUT2D eigenvalue weighted by Crippen LogP contribution is -2.43. The highest BCUT2D eigenvalue weighted by Gasteiger charge is 2.26. The summed E-state index contributed by atoms with van der Waals surface area (Å²) in [5.74, 6) is 0.926. The molecule has 0 bridgehead atoms. The van der Waals surface area contributed by atoms with Crippen LogP contribution in [0.5, 0.6) is 0 Å². The number of carbonyl (C=O) groups excluding carboxylic acids is 1. The van der Waals surface area contributed by atoms with E-state index in [0.717, 1.165) is 42.0 Å². The highest BCUT2D eigenvalue weighted by atomic mass is 16.1. The maximum Gasteiger partial charge on any atom is 0.225 e. The van der Waals surface area contributed by atoms with Gasteiger partial charge in [-0.25, -0.2) is 0 Å². The topological polar surface area (TPSA) is 58.1 Å². The number of nitrogens with zero attached hydrogens (tertiary/aromatic N) is 3. The zero-order valence-corrected chi connectivity index (χ0v) is 17.6. The average molecular weight is 401 g/mol. The highest BCUT2D eigenvalue weighted by Crippen LogP contribution is 2.24. The van der Waals surface area contributed by atoms with Gasteiger partial charge in [-0.1, -0.05) is 59.7 Å². The van der Waals surface area contributed by atoms with E-state index in [9.17, 15) is 4.79 Å². The average Bonchev–Trinajstić information content (AvgIpc) is 2.78. The van der Waals surface area contributed by atoms with Crippen LogP contribution in [0.1, 0.15) is 29.5 Å². The van der Waals surface area contributed by atoms with Gasteiger partial charge in [0.2, 0.25) is 5.91 Å². The van der Waals surface area contributed by atoms with E-state index in [0.29, 0.717) is 13.1 Å². The van der Waals surface area contributed by atoms with Crippen LogP contribution in [0.3, 0.4) is 0 Å². The van der Waals surface area contributed by atoms with Gasteiger partial charge in [0.1, 0.15) is 0 Å². The Morgan fingerprint density at radius 1 is 1.03 bits per heavy atom. The van der Waals surface area contributed by atoms with Crippen LogP contribution in [0.15, 0.2) is 60.7 Å². The molecule has 30 heavy (non-hydrogen) atoms. The molecule has 1 N–H and O–H groups in total. The molecule has 5 nitrogen and oxygen atoms in total. The number of aryl methyl sites for hydroxylation is 2. The van der Waals surface area contributed by atoms with E-state index in [4.69, 9.17) is 0 Å². The largest absolute Gasteiger partial charge is 0.354 e. The molecule has 1 atom stereocenters. The van der Waals surface area contributed by atoms with E-state index in [1.54, 1.807) is 0 Å². The minimum absolute atomic E-state index is 0.0258. The molecule has 3 aromatic rings. The van der Waals surface area contributed by atoms with Gasteiger partial charge in [-0.05, 0) is 44.4 Å². The zero-order chi connectivity index (χ0) is 20.9. The van der Waals surface area contributed by atoms with Crippen LogP contribution in [0.2, 0.25) is 0 Å².